The van der Waals surface area contributed by atoms with Crippen molar-refractivity contribution in [2.24, 2.45) is 0 Å². The number of nitrogens with zero attached hydrogens (tertiary/aromatic N) is 2. The predicted molar refractivity (Wildman–Crippen MR) is 96.2 cm³/mol. The van der Waals surface area contributed by atoms with Gasteiger partial charge in [0.05, 0.1) is 5.75 Å². The molecule has 3 aromatic rings. The van der Waals surface area contributed by atoms with Crippen LogP contribution in [0.25, 0.3) is 11.5 Å². The molecule has 1 aromatic heterocycles. The van der Waals surface area contributed by atoms with Crippen LogP contribution in [-0.2, 0) is 16.1 Å². The zero-order valence-electron chi connectivity index (χ0n) is 14.1. The van der Waals surface area contributed by atoms with Crippen LogP contribution in [0.2, 0.25) is 0 Å². The van der Waals surface area contributed by atoms with E-state index in [0.717, 1.165) is 21.6 Å². The van der Waals surface area contributed by atoms with Crippen LogP contribution in [0.1, 0.15) is 17.0 Å². The van der Waals surface area contributed by atoms with Crippen LogP contribution in [-0.4, -0.2) is 21.9 Å². The molecule has 128 valence electrons. The molecule has 0 amide bonds. The fraction of sp³-hybridized carbons (Fsp3) is 0.211. The van der Waals surface area contributed by atoms with Crippen LogP contribution in [0.15, 0.2) is 57.8 Å². The summed E-state index contributed by atoms with van der Waals surface area (Å²) in [7, 11) is 0. The normalized spacial score (nSPS) is 10.6. The SMILES string of the molecule is Cc1ccc(-c2nnc(COC(=O)CSc3ccccc3C)o2)cc1. The van der Waals surface area contributed by atoms with Crippen molar-refractivity contribution in [3.05, 3.63) is 65.5 Å². The first-order chi connectivity index (χ1) is 12.1. The third-order valence-electron chi connectivity index (χ3n) is 3.56. The summed E-state index contributed by atoms with van der Waals surface area (Å²) in [5.74, 6) is 0.623. The quantitative estimate of drug-likeness (QED) is 0.488. The van der Waals surface area contributed by atoms with Gasteiger partial charge in [0, 0.05) is 10.5 Å². The van der Waals surface area contributed by atoms with Gasteiger partial charge in [-0.2, -0.15) is 0 Å². The molecule has 0 N–H and O–H groups in total. The Kier molecular flexibility index (Phi) is 5.50. The average Bonchev–Trinajstić information content (AvgIpc) is 3.09. The minimum atomic E-state index is -0.316. The molecule has 0 saturated heterocycles. The number of esters is 1. The number of ether oxygens (including phenoxy) is 1. The van der Waals surface area contributed by atoms with Crippen molar-refractivity contribution in [3.63, 3.8) is 0 Å². The van der Waals surface area contributed by atoms with Crippen molar-refractivity contribution in [2.45, 2.75) is 25.3 Å². The molecule has 6 heteroatoms. The van der Waals surface area contributed by atoms with Crippen molar-refractivity contribution in [3.8, 4) is 11.5 Å². The van der Waals surface area contributed by atoms with Crippen molar-refractivity contribution < 1.29 is 13.9 Å². The van der Waals surface area contributed by atoms with Gasteiger partial charge >= 0.3 is 5.97 Å². The van der Waals surface area contributed by atoms with Crippen molar-refractivity contribution in [1.82, 2.24) is 10.2 Å². The third-order valence-corrected chi connectivity index (χ3v) is 4.71. The van der Waals surface area contributed by atoms with Gasteiger partial charge in [-0.1, -0.05) is 35.9 Å². The van der Waals surface area contributed by atoms with Crippen molar-refractivity contribution in [2.75, 3.05) is 5.75 Å². The summed E-state index contributed by atoms with van der Waals surface area (Å²) in [6, 6.07) is 15.7. The molecule has 0 bridgehead atoms. The summed E-state index contributed by atoms with van der Waals surface area (Å²) in [4.78, 5) is 13.0. The van der Waals surface area contributed by atoms with Crippen LogP contribution in [0, 0.1) is 13.8 Å². The second kappa shape index (κ2) is 7.98. The first kappa shape index (κ1) is 17.2. The monoisotopic (exact) mass is 354 g/mol. The second-order valence-electron chi connectivity index (χ2n) is 5.58. The second-order valence-corrected chi connectivity index (χ2v) is 6.60. The van der Waals surface area contributed by atoms with Gasteiger partial charge < -0.3 is 9.15 Å². The number of aryl methyl sites for hydroxylation is 2. The minimum absolute atomic E-state index is 0.0218. The van der Waals surface area contributed by atoms with Crippen LogP contribution >= 0.6 is 11.8 Å². The van der Waals surface area contributed by atoms with Gasteiger partial charge in [-0.05, 0) is 37.6 Å². The summed E-state index contributed by atoms with van der Waals surface area (Å²) in [5, 5.41) is 7.90. The number of hydrogen-bond acceptors (Lipinski definition) is 6. The molecule has 0 aliphatic rings. The van der Waals surface area contributed by atoms with E-state index in [0.29, 0.717) is 5.89 Å². The molecule has 25 heavy (non-hydrogen) atoms. The predicted octanol–water partition coefficient (Wildman–Crippen LogP) is 4.19. The fourth-order valence-electron chi connectivity index (χ4n) is 2.16. The lowest BCUT2D eigenvalue weighted by Gasteiger charge is -2.04. The average molecular weight is 354 g/mol. The van der Waals surface area contributed by atoms with E-state index >= 15 is 0 Å². The molecule has 5 nitrogen and oxygen atoms in total. The molecular weight excluding hydrogens is 336 g/mol. The number of hydrogen-bond donors (Lipinski definition) is 0. The van der Waals surface area contributed by atoms with Gasteiger partial charge in [-0.25, -0.2) is 0 Å². The Morgan fingerprint density at radius 1 is 1.08 bits per heavy atom. The molecule has 0 saturated carbocycles. The highest BCUT2D eigenvalue weighted by Gasteiger charge is 2.11. The highest BCUT2D eigenvalue weighted by molar-refractivity contribution is 8.00. The maximum atomic E-state index is 11.9. The Morgan fingerprint density at radius 3 is 2.60 bits per heavy atom. The minimum Gasteiger partial charge on any atom is -0.455 e. The molecule has 0 atom stereocenters. The summed E-state index contributed by atoms with van der Waals surface area (Å²) >= 11 is 1.45. The standard InChI is InChI=1S/C19H18N2O3S/c1-13-7-9-15(10-8-13)19-21-20-17(24-19)11-23-18(22)12-25-16-6-4-3-5-14(16)2/h3-10H,11-12H2,1-2H3. The van der Waals surface area contributed by atoms with Gasteiger partial charge in [0.1, 0.15) is 0 Å². The Bertz CT molecular complexity index is 859. The maximum absolute atomic E-state index is 11.9. The largest absolute Gasteiger partial charge is 0.455 e. The van der Waals surface area contributed by atoms with Gasteiger partial charge in [-0.15, -0.1) is 22.0 Å². The number of thioether (sulfide) groups is 1. The van der Waals surface area contributed by atoms with Crippen LogP contribution < -0.4 is 0 Å². The third kappa shape index (κ3) is 4.70. The van der Waals surface area contributed by atoms with Gasteiger partial charge in [0.15, 0.2) is 6.61 Å². The smallest absolute Gasteiger partial charge is 0.316 e. The lowest BCUT2D eigenvalue weighted by Crippen LogP contribution is -2.07. The van der Waals surface area contributed by atoms with Gasteiger partial charge in [0.25, 0.3) is 5.89 Å². The Morgan fingerprint density at radius 2 is 1.84 bits per heavy atom. The van der Waals surface area contributed by atoms with Crippen LogP contribution in [0.3, 0.4) is 0 Å². The number of rotatable bonds is 6. The highest BCUT2D eigenvalue weighted by atomic mass is 32.2. The topological polar surface area (TPSA) is 65.2 Å². The molecular formula is C19H18N2O3S. The molecule has 3 rings (SSSR count). The van der Waals surface area contributed by atoms with E-state index in [2.05, 4.69) is 10.2 Å². The lowest BCUT2D eigenvalue weighted by atomic mass is 10.1. The zero-order chi connectivity index (χ0) is 17.6. The van der Waals surface area contributed by atoms with Crippen molar-refractivity contribution in [1.29, 1.82) is 0 Å². The summed E-state index contributed by atoms with van der Waals surface area (Å²) in [5.41, 5.74) is 3.13. The highest BCUT2D eigenvalue weighted by Crippen LogP contribution is 2.22. The fourth-order valence-corrected chi connectivity index (χ4v) is 2.99. The van der Waals surface area contributed by atoms with E-state index in [1.807, 2.05) is 62.4 Å². The number of carbonyl (C=O) groups is 1. The van der Waals surface area contributed by atoms with E-state index in [1.165, 1.54) is 11.8 Å². The van der Waals surface area contributed by atoms with Gasteiger partial charge in [0.2, 0.25) is 5.89 Å². The first-order valence-electron chi connectivity index (χ1n) is 7.85. The molecule has 0 fully saturated rings. The molecule has 2 aromatic carbocycles. The van der Waals surface area contributed by atoms with E-state index < -0.39 is 0 Å². The maximum Gasteiger partial charge on any atom is 0.316 e. The number of carbonyl (C=O) groups excluding carboxylic acids is 1. The van der Waals surface area contributed by atoms with E-state index in [4.69, 9.17) is 9.15 Å². The number of benzene rings is 2. The molecule has 0 aliphatic heterocycles. The summed E-state index contributed by atoms with van der Waals surface area (Å²) < 4.78 is 10.7. The van der Waals surface area contributed by atoms with E-state index in [-0.39, 0.29) is 24.2 Å². The van der Waals surface area contributed by atoms with Crippen LogP contribution in [0.4, 0.5) is 0 Å². The molecule has 0 radical (unpaired) electrons. The Hall–Kier alpha value is -2.60. The van der Waals surface area contributed by atoms with E-state index in [1.54, 1.807) is 0 Å². The van der Waals surface area contributed by atoms with Gasteiger partial charge in [-0.3, -0.25) is 4.79 Å². The zero-order valence-corrected chi connectivity index (χ0v) is 14.9. The Balaban J connectivity index is 1.51. The molecule has 1 heterocycles. The first-order valence-corrected chi connectivity index (χ1v) is 8.84. The molecule has 0 aliphatic carbocycles. The van der Waals surface area contributed by atoms with E-state index in [9.17, 15) is 4.79 Å². The summed E-state index contributed by atoms with van der Waals surface area (Å²) in [6.45, 7) is 4.00. The lowest BCUT2D eigenvalue weighted by molar-refractivity contribution is -0.142. The summed E-state index contributed by atoms with van der Waals surface area (Å²) in [6.07, 6.45) is 0. The van der Waals surface area contributed by atoms with Crippen molar-refractivity contribution >= 4 is 17.7 Å². The number of aromatic nitrogens is 2. The Labute approximate surface area is 150 Å². The van der Waals surface area contributed by atoms with Crippen LogP contribution in [0.5, 0.6) is 0 Å². The molecule has 0 spiro atoms. The molecule has 0 unspecified atom stereocenters.